The lowest BCUT2D eigenvalue weighted by molar-refractivity contribution is -0.123. The van der Waals surface area contributed by atoms with Crippen molar-refractivity contribution in [2.24, 2.45) is 5.73 Å². The maximum absolute atomic E-state index is 12.9. The molecule has 1 aliphatic heterocycles. The van der Waals surface area contributed by atoms with E-state index in [2.05, 4.69) is 10.6 Å². The largest absolute Gasteiger partial charge is 0.394 e. The lowest BCUT2D eigenvalue weighted by atomic mass is 9.85. The number of aliphatic hydroxyl groups excluding tert-OH is 2. The number of carbonyl (C=O) groups excluding carboxylic acids is 1. The molecule has 1 aliphatic rings. The van der Waals surface area contributed by atoms with Crippen LogP contribution in [0.25, 0.3) is 0 Å². The molecule has 5 atom stereocenters. The predicted molar refractivity (Wildman–Crippen MR) is 114 cm³/mol. The molecule has 6 nitrogen and oxygen atoms in total. The minimum Gasteiger partial charge on any atom is -0.394 e. The molecule has 0 bridgehead atoms. The second-order valence-corrected chi connectivity index (χ2v) is 8.12. The third kappa shape index (κ3) is 5.28. The first kappa shape index (κ1) is 22.0. The number of carbonyl (C=O) groups is 1. The summed E-state index contributed by atoms with van der Waals surface area (Å²) in [5.41, 5.74) is 8.39. The zero-order valence-electron chi connectivity index (χ0n) is 15.8. The Morgan fingerprint density at radius 3 is 2.38 bits per heavy atom. The van der Waals surface area contributed by atoms with Gasteiger partial charge in [-0.3, -0.25) is 10.1 Å². The molecule has 0 saturated carbocycles. The Hall–Kier alpha value is -1.67. The quantitative estimate of drug-likeness (QED) is 0.455. The molecule has 0 spiro atoms. The summed E-state index contributed by atoms with van der Waals surface area (Å²) in [4.78, 5) is 12.9. The Labute approximate surface area is 180 Å². The number of amides is 1. The molecule has 156 valence electrons. The van der Waals surface area contributed by atoms with Gasteiger partial charge < -0.3 is 21.3 Å². The van der Waals surface area contributed by atoms with Gasteiger partial charge in [0.15, 0.2) is 0 Å². The molecule has 2 aromatic carbocycles. The number of nitrogens with two attached hydrogens (primary N) is 1. The van der Waals surface area contributed by atoms with Gasteiger partial charge in [-0.15, -0.1) is 0 Å². The minimum absolute atomic E-state index is 0.222. The molecule has 1 saturated heterocycles. The van der Waals surface area contributed by atoms with Crippen LogP contribution < -0.4 is 16.4 Å². The first-order chi connectivity index (χ1) is 13.9. The third-order valence-electron chi connectivity index (χ3n) is 5.23. The van der Waals surface area contributed by atoms with Gasteiger partial charge in [0.25, 0.3) is 0 Å². The number of nitrogens with one attached hydrogen (secondary N) is 2. The van der Waals surface area contributed by atoms with Gasteiger partial charge in [-0.1, -0.05) is 47.5 Å². The third-order valence-corrected chi connectivity index (χ3v) is 5.70. The first-order valence-electron chi connectivity index (χ1n) is 9.50. The number of aliphatic hydroxyl groups is 2. The van der Waals surface area contributed by atoms with Gasteiger partial charge in [0, 0.05) is 34.6 Å². The number of benzene rings is 2. The highest BCUT2D eigenvalue weighted by atomic mass is 35.5. The highest BCUT2D eigenvalue weighted by Gasteiger charge is 2.45. The van der Waals surface area contributed by atoms with Crippen LogP contribution in [0.4, 0.5) is 0 Å². The monoisotopic (exact) mass is 437 g/mol. The molecule has 3 rings (SSSR count). The highest BCUT2D eigenvalue weighted by Crippen LogP contribution is 2.38. The fraction of sp³-hybridized carbons (Fsp3) is 0.381. The molecular weight excluding hydrogens is 413 g/mol. The van der Waals surface area contributed by atoms with E-state index in [9.17, 15) is 9.90 Å². The number of hydrogen-bond donors (Lipinski definition) is 5. The fourth-order valence-electron chi connectivity index (χ4n) is 3.79. The Balaban J connectivity index is 1.85. The molecule has 29 heavy (non-hydrogen) atoms. The van der Waals surface area contributed by atoms with Crippen molar-refractivity contribution < 1.29 is 15.0 Å². The lowest BCUT2D eigenvalue weighted by Gasteiger charge is -2.23. The van der Waals surface area contributed by atoms with Crippen LogP contribution >= 0.6 is 23.2 Å². The Morgan fingerprint density at radius 1 is 1.14 bits per heavy atom. The number of halogens is 2. The summed E-state index contributed by atoms with van der Waals surface area (Å²) in [6.45, 7) is -0.0948. The van der Waals surface area contributed by atoms with Gasteiger partial charge in [-0.05, 0) is 41.8 Å². The Bertz CT molecular complexity index is 851. The summed E-state index contributed by atoms with van der Waals surface area (Å²) in [6.07, 6.45) is -0.599. The van der Waals surface area contributed by atoms with E-state index in [0.29, 0.717) is 10.0 Å². The molecule has 1 amide bonds. The molecule has 2 aromatic rings. The van der Waals surface area contributed by atoms with Crippen LogP contribution in [0.2, 0.25) is 10.0 Å². The summed E-state index contributed by atoms with van der Waals surface area (Å²) in [7, 11) is 0. The van der Waals surface area contributed by atoms with Crippen molar-refractivity contribution in [2.75, 3.05) is 13.2 Å². The van der Waals surface area contributed by atoms with E-state index >= 15 is 0 Å². The molecule has 0 aromatic heterocycles. The second-order valence-electron chi connectivity index (χ2n) is 7.25. The van der Waals surface area contributed by atoms with E-state index in [0.717, 1.165) is 11.1 Å². The van der Waals surface area contributed by atoms with Crippen LogP contribution in [-0.2, 0) is 4.79 Å². The normalized spacial score (nSPS) is 25.0. The van der Waals surface area contributed by atoms with Crippen molar-refractivity contribution >= 4 is 29.1 Å². The summed E-state index contributed by atoms with van der Waals surface area (Å²) >= 11 is 12.3. The zero-order chi connectivity index (χ0) is 21.0. The molecule has 1 heterocycles. The summed E-state index contributed by atoms with van der Waals surface area (Å²) in [5.74, 6) is -0.527. The summed E-state index contributed by atoms with van der Waals surface area (Å²) in [5, 5.41) is 25.8. The lowest BCUT2D eigenvalue weighted by Crippen LogP contribution is -2.44. The van der Waals surface area contributed by atoms with E-state index in [1.54, 1.807) is 12.1 Å². The van der Waals surface area contributed by atoms with Gasteiger partial charge in [0.1, 0.15) is 0 Å². The maximum atomic E-state index is 12.9. The average Bonchev–Trinajstić information content (AvgIpc) is 3.05. The van der Waals surface area contributed by atoms with E-state index < -0.39 is 12.1 Å². The standard InChI is InChI=1S/C21H25Cl2N3O3/c22-14-5-1-3-12(9-14)17-18(24)19(13-4-2-6-15(23)10-13)26-20(17)21(29)25-8-7-16(28)11-27/h1-6,9-10,16-20,26-28H,7-8,11,24H2,(H,25,29)/t16-,17+,18?,19-,20+/m0/s1. The summed E-state index contributed by atoms with van der Waals surface area (Å²) in [6, 6.07) is 13.5. The van der Waals surface area contributed by atoms with Crippen molar-refractivity contribution in [3.8, 4) is 0 Å². The molecule has 0 radical (unpaired) electrons. The Kier molecular flexibility index (Phi) is 7.51. The molecular formula is C21H25Cl2N3O3. The topological polar surface area (TPSA) is 108 Å². The van der Waals surface area contributed by atoms with Crippen LogP contribution in [0.1, 0.15) is 29.5 Å². The zero-order valence-corrected chi connectivity index (χ0v) is 17.3. The van der Waals surface area contributed by atoms with Crippen molar-refractivity contribution in [3.05, 3.63) is 69.7 Å². The van der Waals surface area contributed by atoms with Crippen LogP contribution in [0.5, 0.6) is 0 Å². The number of hydrogen-bond acceptors (Lipinski definition) is 5. The van der Waals surface area contributed by atoms with Crippen LogP contribution in [0, 0.1) is 0 Å². The highest BCUT2D eigenvalue weighted by molar-refractivity contribution is 6.30. The molecule has 1 unspecified atom stereocenters. The smallest absolute Gasteiger partial charge is 0.237 e. The van der Waals surface area contributed by atoms with Gasteiger partial charge in [0.05, 0.1) is 18.8 Å². The van der Waals surface area contributed by atoms with Crippen molar-refractivity contribution in [1.29, 1.82) is 0 Å². The average molecular weight is 438 g/mol. The fourth-order valence-corrected chi connectivity index (χ4v) is 4.18. The second kappa shape index (κ2) is 9.89. The van der Waals surface area contributed by atoms with Crippen molar-refractivity contribution in [1.82, 2.24) is 10.6 Å². The molecule has 6 N–H and O–H groups in total. The van der Waals surface area contributed by atoms with Gasteiger partial charge >= 0.3 is 0 Å². The SMILES string of the molecule is NC1[C@@H](c2cccc(Cl)c2)[C@H](C(=O)NCC[C@H](O)CO)N[C@H]1c1cccc(Cl)c1. The van der Waals surface area contributed by atoms with Gasteiger partial charge in [0.2, 0.25) is 5.91 Å². The van der Waals surface area contributed by atoms with E-state index in [4.69, 9.17) is 34.0 Å². The first-order valence-corrected chi connectivity index (χ1v) is 10.3. The van der Waals surface area contributed by atoms with Crippen LogP contribution in [0.15, 0.2) is 48.5 Å². The number of rotatable bonds is 7. The summed E-state index contributed by atoms with van der Waals surface area (Å²) < 4.78 is 0. The van der Waals surface area contributed by atoms with E-state index in [1.165, 1.54) is 0 Å². The van der Waals surface area contributed by atoms with Gasteiger partial charge in [-0.2, -0.15) is 0 Å². The Morgan fingerprint density at radius 2 is 1.76 bits per heavy atom. The van der Waals surface area contributed by atoms with Crippen LogP contribution in [0.3, 0.4) is 0 Å². The predicted octanol–water partition coefficient (Wildman–Crippen LogP) is 1.98. The maximum Gasteiger partial charge on any atom is 0.237 e. The van der Waals surface area contributed by atoms with E-state index in [1.807, 2.05) is 36.4 Å². The molecule has 8 heteroatoms. The minimum atomic E-state index is -0.864. The molecule has 0 aliphatic carbocycles. The van der Waals surface area contributed by atoms with Crippen molar-refractivity contribution in [2.45, 2.75) is 36.6 Å². The van der Waals surface area contributed by atoms with Gasteiger partial charge in [-0.25, -0.2) is 0 Å². The van der Waals surface area contributed by atoms with Crippen LogP contribution in [-0.4, -0.2) is 47.5 Å². The van der Waals surface area contributed by atoms with Crippen molar-refractivity contribution in [3.63, 3.8) is 0 Å². The van der Waals surface area contributed by atoms with E-state index in [-0.39, 0.29) is 43.5 Å². The molecule has 1 fully saturated rings.